The minimum absolute atomic E-state index is 0.0510. The van der Waals surface area contributed by atoms with E-state index in [-0.39, 0.29) is 21.5 Å². The molecular formula is C13H19NO5S2. The van der Waals surface area contributed by atoms with Crippen molar-refractivity contribution >= 4 is 19.7 Å². The van der Waals surface area contributed by atoms with Crippen LogP contribution in [-0.4, -0.2) is 48.1 Å². The molecule has 8 heteroatoms. The molecule has 0 saturated carbocycles. The molecule has 0 spiro atoms. The first-order valence-electron chi connectivity index (χ1n) is 6.56. The predicted octanol–water partition coefficient (Wildman–Crippen LogP) is 0.228. The van der Waals surface area contributed by atoms with Gasteiger partial charge in [-0.2, -0.15) is 0 Å². The maximum atomic E-state index is 12.3. The lowest BCUT2D eigenvalue weighted by Crippen LogP contribution is -2.37. The van der Waals surface area contributed by atoms with Crippen LogP contribution in [-0.2, 0) is 24.4 Å². The molecule has 2 unspecified atom stereocenters. The predicted molar refractivity (Wildman–Crippen MR) is 78.5 cm³/mol. The Balaban J connectivity index is 2.15. The second-order valence-electron chi connectivity index (χ2n) is 5.31. The summed E-state index contributed by atoms with van der Waals surface area (Å²) < 4.78 is 52.5. The Bertz CT molecular complexity index is 689. The molecule has 1 aliphatic heterocycles. The normalized spacial score (nSPS) is 21.3. The Morgan fingerprint density at radius 2 is 1.76 bits per heavy atom. The molecule has 1 aliphatic rings. The number of rotatable bonds is 5. The van der Waals surface area contributed by atoms with Gasteiger partial charge in [-0.1, -0.05) is 0 Å². The van der Waals surface area contributed by atoms with Crippen molar-refractivity contribution in [2.45, 2.75) is 22.3 Å². The van der Waals surface area contributed by atoms with Gasteiger partial charge in [-0.05, 0) is 30.7 Å². The third kappa shape index (κ3) is 4.03. The van der Waals surface area contributed by atoms with Crippen molar-refractivity contribution in [2.75, 3.05) is 25.2 Å². The lowest BCUT2D eigenvalue weighted by Gasteiger charge is -2.17. The summed E-state index contributed by atoms with van der Waals surface area (Å²) in [5.41, 5.74) is 5.95. The van der Waals surface area contributed by atoms with Gasteiger partial charge in [-0.15, -0.1) is 0 Å². The number of sulfone groups is 2. The standard InChI is InChI=1S/C13H19NO5S2/c1-20(15,16)11-2-4-12(5-3-11)21(17,18)9-13(14)10-6-7-19-8-10/h2-5,10,13H,6-9,14H2,1H3. The van der Waals surface area contributed by atoms with Crippen LogP contribution in [0.3, 0.4) is 0 Å². The number of hydrogen-bond donors (Lipinski definition) is 1. The van der Waals surface area contributed by atoms with E-state index >= 15 is 0 Å². The summed E-state index contributed by atoms with van der Waals surface area (Å²) in [5.74, 6) is -0.116. The number of nitrogens with two attached hydrogens (primary N) is 1. The van der Waals surface area contributed by atoms with Gasteiger partial charge in [0.2, 0.25) is 0 Å². The molecule has 2 rings (SSSR count). The van der Waals surface area contributed by atoms with Gasteiger partial charge in [0.1, 0.15) is 0 Å². The maximum absolute atomic E-state index is 12.3. The number of ether oxygens (including phenoxy) is 1. The van der Waals surface area contributed by atoms with Crippen molar-refractivity contribution in [3.05, 3.63) is 24.3 Å². The molecule has 0 aliphatic carbocycles. The Hall–Kier alpha value is -0.960. The molecule has 21 heavy (non-hydrogen) atoms. The summed E-state index contributed by atoms with van der Waals surface area (Å²) in [5, 5.41) is 0. The summed E-state index contributed by atoms with van der Waals surface area (Å²) in [7, 11) is -6.87. The molecule has 0 amide bonds. The SMILES string of the molecule is CS(=O)(=O)c1ccc(S(=O)(=O)CC(N)C2CCOC2)cc1. The Morgan fingerprint density at radius 1 is 1.19 bits per heavy atom. The molecule has 0 radical (unpaired) electrons. The van der Waals surface area contributed by atoms with Crippen molar-refractivity contribution in [3.63, 3.8) is 0 Å². The van der Waals surface area contributed by atoms with Gasteiger partial charge in [0, 0.05) is 24.8 Å². The van der Waals surface area contributed by atoms with Crippen LogP contribution in [0.5, 0.6) is 0 Å². The van der Waals surface area contributed by atoms with Crippen LogP contribution in [0.1, 0.15) is 6.42 Å². The third-order valence-electron chi connectivity index (χ3n) is 3.59. The van der Waals surface area contributed by atoms with Gasteiger partial charge >= 0.3 is 0 Å². The highest BCUT2D eigenvalue weighted by atomic mass is 32.2. The molecule has 2 N–H and O–H groups in total. The van der Waals surface area contributed by atoms with E-state index in [2.05, 4.69) is 0 Å². The topological polar surface area (TPSA) is 104 Å². The average Bonchev–Trinajstić information content (AvgIpc) is 2.91. The molecule has 1 heterocycles. The van der Waals surface area contributed by atoms with Gasteiger partial charge in [0.15, 0.2) is 19.7 Å². The molecular weight excluding hydrogens is 314 g/mol. The lowest BCUT2D eigenvalue weighted by molar-refractivity contribution is 0.182. The van der Waals surface area contributed by atoms with Crippen molar-refractivity contribution in [2.24, 2.45) is 11.7 Å². The Morgan fingerprint density at radius 3 is 2.24 bits per heavy atom. The highest BCUT2D eigenvalue weighted by Gasteiger charge is 2.28. The first kappa shape index (κ1) is 16.4. The van der Waals surface area contributed by atoms with Crippen molar-refractivity contribution in [1.29, 1.82) is 0 Å². The highest BCUT2D eigenvalue weighted by molar-refractivity contribution is 7.91. The van der Waals surface area contributed by atoms with Gasteiger partial charge in [-0.3, -0.25) is 0 Å². The smallest absolute Gasteiger partial charge is 0.179 e. The van der Waals surface area contributed by atoms with Crippen molar-refractivity contribution < 1.29 is 21.6 Å². The van der Waals surface area contributed by atoms with E-state index in [4.69, 9.17) is 10.5 Å². The molecule has 0 bridgehead atoms. The molecule has 1 fully saturated rings. The second-order valence-corrected chi connectivity index (χ2v) is 9.36. The van der Waals surface area contributed by atoms with Crippen molar-refractivity contribution in [3.8, 4) is 0 Å². The zero-order valence-corrected chi connectivity index (χ0v) is 13.4. The fraction of sp³-hybridized carbons (Fsp3) is 0.538. The first-order valence-corrected chi connectivity index (χ1v) is 10.1. The average molecular weight is 333 g/mol. The van der Waals surface area contributed by atoms with Gasteiger partial charge in [-0.25, -0.2) is 16.8 Å². The summed E-state index contributed by atoms with van der Waals surface area (Å²) in [6.45, 7) is 1.10. The van der Waals surface area contributed by atoms with Crippen LogP contribution in [0.25, 0.3) is 0 Å². The van der Waals surface area contributed by atoms with E-state index < -0.39 is 25.7 Å². The zero-order valence-electron chi connectivity index (χ0n) is 11.7. The quantitative estimate of drug-likeness (QED) is 0.827. The van der Waals surface area contributed by atoms with Gasteiger partial charge < -0.3 is 10.5 Å². The minimum Gasteiger partial charge on any atom is -0.381 e. The van der Waals surface area contributed by atoms with E-state index in [1.807, 2.05) is 0 Å². The second kappa shape index (κ2) is 6.04. The van der Waals surface area contributed by atoms with E-state index in [0.29, 0.717) is 13.2 Å². The van der Waals surface area contributed by atoms with E-state index in [1.165, 1.54) is 24.3 Å². The fourth-order valence-corrected chi connectivity index (χ4v) is 4.42. The molecule has 2 atom stereocenters. The Kier molecular flexibility index (Phi) is 4.72. The number of hydrogen-bond acceptors (Lipinski definition) is 6. The fourth-order valence-electron chi connectivity index (χ4n) is 2.27. The summed E-state index contributed by atoms with van der Waals surface area (Å²) >= 11 is 0. The summed E-state index contributed by atoms with van der Waals surface area (Å²) in [6.07, 6.45) is 1.84. The van der Waals surface area contributed by atoms with Crippen molar-refractivity contribution in [1.82, 2.24) is 0 Å². The van der Waals surface area contributed by atoms with E-state index in [0.717, 1.165) is 12.7 Å². The minimum atomic E-state index is -3.53. The van der Waals surface area contributed by atoms with Crippen LogP contribution in [0.15, 0.2) is 34.1 Å². The third-order valence-corrected chi connectivity index (χ3v) is 6.54. The largest absolute Gasteiger partial charge is 0.381 e. The number of benzene rings is 1. The molecule has 1 aromatic rings. The first-order chi connectivity index (χ1) is 9.70. The van der Waals surface area contributed by atoms with Crippen LogP contribution in [0.4, 0.5) is 0 Å². The van der Waals surface area contributed by atoms with Crippen LogP contribution in [0, 0.1) is 5.92 Å². The molecule has 1 aromatic carbocycles. The summed E-state index contributed by atoms with van der Waals surface area (Å²) in [4.78, 5) is 0.180. The monoisotopic (exact) mass is 333 g/mol. The van der Waals surface area contributed by atoms with E-state index in [1.54, 1.807) is 0 Å². The zero-order chi connectivity index (χ0) is 15.7. The van der Waals surface area contributed by atoms with E-state index in [9.17, 15) is 16.8 Å². The lowest BCUT2D eigenvalue weighted by atomic mass is 10.0. The van der Waals surface area contributed by atoms with Crippen LogP contribution >= 0.6 is 0 Å². The van der Waals surface area contributed by atoms with Crippen LogP contribution < -0.4 is 5.73 Å². The highest BCUT2D eigenvalue weighted by Crippen LogP contribution is 2.20. The van der Waals surface area contributed by atoms with Gasteiger partial charge in [0.05, 0.1) is 22.2 Å². The van der Waals surface area contributed by atoms with Crippen LogP contribution in [0.2, 0.25) is 0 Å². The maximum Gasteiger partial charge on any atom is 0.179 e. The van der Waals surface area contributed by atoms with Gasteiger partial charge in [0.25, 0.3) is 0 Å². The summed E-state index contributed by atoms with van der Waals surface area (Å²) in [6, 6.07) is 4.73. The molecule has 118 valence electrons. The molecule has 6 nitrogen and oxygen atoms in total. The molecule has 1 saturated heterocycles. The molecule has 0 aromatic heterocycles. The Labute approximate surface area is 125 Å².